The molecule has 0 amide bonds. The Hall–Kier alpha value is -0.560. The van der Waals surface area contributed by atoms with E-state index in [1.807, 2.05) is 22.6 Å². The predicted octanol–water partition coefficient (Wildman–Crippen LogP) is 1.65. The highest BCUT2D eigenvalue weighted by molar-refractivity contribution is 14.1. The number of phenols is 1. The molecule has 0 radical (unpaired) electrons. The van der Waals surface area contributed by atoms with Crippen LogP contribution < -0.4 is 11.1 Å². The number of anilines is 1. The van der Waals surface area contributed by atoms with Gasteiger partial charge in [-0.25, -0.2) is 0 Å². The molecule has 0 saturated heterocycles. The normalized spacial score (nSPS) is 9.42. The van der Waals surface area contributed by atoms with E-state index in [-0.39, 0.29) is 10.9 Å². The number of halogens is 1. The van der Waals surface area contributed by atoms with Gasteiger partial charge in [0.2, 0.25) is 0 Å². The molecule has 0 atom stereocenters. The van der Waals surface area contributed by atoms with Crippen LogP contribution in [-0.4, -0.2) is 10.2 Å². The van der Waals surface area contributed by atoms with Crippen molar-refractivity contribution in [1.82, 2.24) is 0 Å². The zero-order valence-electron chi connectivity index (χ0n) is 6.04. The Morgan fingerprint density at radius 3 is 2.75 bits per heavy atom. The fourth-order valence-corrected chi connectivity index (χ4v) is 1.36. The number of hydrogen-bond acceptors (Lipinski definition) is 2. The third-order valence-electron chi connectivity index (χ3n) is 1.22. The molecule has 3 nitrogen and oxygen atoms in total. The molecule has 1 aromatic carbocycles. The van der Waals surface area contributed by atoms with Gasteiger partial charge in [-0.05, 0) is 53.0 Å². The highest BCUT2D eigenvalue weighted by Crippen LogP contribution is 2.22. The van der Waals surface area contributed by atoms with Crippen molar-refractivity contribution < 1.29 is 5.11 Å². The maximum absolute atomic E-state index is 9.18. The standard InChI is InChI=1S/C7H7IN2OS/c8-5-3-4(10-7(9)12)1-2-6(5)11/h1-3,11H,(H3,9,10,12). The summed E-state index contributed by atoms with van der Waals surface area (Å²) in [6, 6.07) is 5.05. The number of aromatic hydroxyl groups is 1. The first-order chi connectivity index (χ1) is 5.59. The largest absolute Gasteiger partial charge is 0.507 e. The van der Waals surface area contributed by atoms with Gasteiger partial charge in [-0.1, -0.05) is 0 Å². The Bertz CT molecular complexity index is 316. The van der Waals surface area contributed by atoms with Crippen LogP contribution in [0.25, 0.3) is 0 Å². The summed E-state index contributed by atoms with van der Waals surface area (Å²) in [7, 11) is 0. The fourth-order valence-electron chi connectivity index (χ4n) is 0.727. The molecule has 0 spiro atoms. The summed E-state index contributed by atoms with van der Waals surface area (Å²) in [5.41, 5.74) is 6.05. The maximum Gasteiger partial charge on any atom is 0.168 e. The van der Waals surface area contributed by atoms with E-state index in [4.69, 9.17) is 5.73 Å². The number of nitrogens with one attached hydrogen (secondary N) is 1. The average molecular weight is 294 g/mol. The monoisotopic (exact) mass is 294 g/mol. The Kier molecular flexibility index (Phi) is 3.10. The molecule has 0 unspecified atom stereocenters. The molecule has 0 aliphatic rings. The zero-order chi connectivity index (χ0) is 9.14. The van der Waals surface area contributed by atoms with Crippen LogP contribution in [0.5, 0.6) is 5.75 Å². The van der Waals surface area contributed by atoms with Gasteiger partial charge in [0.25, 0.3) is 0 Å². The molecule has 12 heavy (non-hydrogen) atoms. The van der Waals surface area contributed by atoms with Gasteiger partial charge in [-0.15, -0.1) is 0 Å². The van der Waals surface area contributed by atoms with Crippen molar-refractivity contribution in [3.05, 3.63) is 21.8 Å². The van der Waals surface area contributed by atoms with Crippen molar-refractivity contribution in [1.29, 1.82) is 0 Å². The lowest BCUT2D eigenvalue weighted by atomic mass is 10.3. The topological polar surface area (TPSA) is 58.3 Å². The summed E-state index contributed by atoms with van der Waals surface area (Å²) in [4.78, 5) is 0. The molecule has 1 rings (SSSR count). The first-order valence-electron chi connectivity index (χ1n) is 3.14. The molecule has 64 valence electrons. The van der Waals surface area contributed by atoms with Crippen LogP contribution >= 0.6 is 34.8 Å². The lowest BCUT2D eigenvalue weighted by Crippen LogP contribution is -2.18. The molecular formula is C7H7IN2OS. The Morgan fingerprint density at radius 1 is 1.58 bits per heavy atom. The smallest absolute Gasteiger partial charge is 0.168 e. The predicted molar refractivity (Wildman–Crippen MR) is 61.2 cm³/mol. The third kappa shape index (κ3) is 2.49. The fraction of sp³-hybridized carbons (Fsp3) is 0. The quantitative estimate of drug-likeness (QED) is 0.419. The first-order valence-corrected chi connectivity index (χ1v) is 4.63. The molecule has 1 aromatic rings. The van der Waals surface area contributed by atoms with E-state index in [2.05, 4.69) is 17.5 Å². The summed E-state index contributed by atoms with van der Waals surface area (Å²) in [5.74, 6) is 0.254. The van der Waals surface area contributed by atoms with Gasteiger partial charge in [0.15, 0.2) is 5.11 Å². The second kappa shape index (κ2) is 3.90. The van der Waals surface area contributed by atoms with Crippen LogP contribution in [0.3, 0.4) is 0 Å². The molecule has 4 N–H and O–H groups in total. The van der Waals surface area contributed by atoms with E-state index in [9.17, 15) is 5.11 Å². The maximum atomic E-state index is 9.18. The van der Waals surface area contributed by atoms with E-state index in [1.54, 1.807) is 18.2 Å². The van der Waals surface area contributed by atoms with Crippen LogP contribution in [-0.2, 0) is 0 Å². The minimum atomic E-state index is 0.219. The van der Waals surface area contributed by atoms with Crippen molar-refractivity contribution >= 4 is 45.6 Å². The van der Waals surface area contributed by atoms with Crippen LogP contribution in [0, 0.1) is 3.57 Å². The number of phenolic OH excluding ortho intramolecular Hbond substituents is 1. The van der Waals surface area contributed by atoms with Gasteiger partial charge >= 0.3 is 0 Å². The highest BCUT2D eigenvalue weighted by Gasteiger charge is 1.98. The first kappa shape index (κ1) is 9.53. The summed E-state index contributed by atoms with van der Waals surface area (Å²) in [6.45, 7) is 0. The lowest BCUT2D eigenvalue weighted by Gasteiger charge is -2.04. The number of benzene rings is 1. The highest BCUT2D eigenvalue weighted by atomic mass is 127. The average Bonchev–Trinajstić information content (AvgIpc) is 1.96. The molecule has 0 bridgehead atoms. The van der Waals surface area contributed by atoms with Crippen LogP contribution in [0.1, 0.15) is 0 Å². The van der Waals surface area contributed by atoms with E-state index < -0.39 is 0 Å². The molecule has 0 aromatic heterocycles. The minimum Gasteiger partial charge on any atom is -0.507 e. The number of rotatable bonds is 1. The third-order valence-corrected chi connectivity index (χ3v) is 2.18. The molecule has 5 heteroatoms. The summed E-state index contributed by atoms with van der Waals surface area (Å²) in [5, 5.41) is 12.2. The zero-order valence-corrected chi connectivity index (χ0v) is 9.02. The number of thiocarbonyl (C=S) groups is 1. The second-order valence-corrected chi connectivity index (χ2v) is 3.76. The van der Waals surface area contributed by atoms with Gasteiger partial charge < -0.3 is 16.2 Å². The van der Waals surface area contributed by atoms with Crippen LogP contribution in [0.4, 0.5) is 5.69 Å². The van der Waals surface area contributed by atoms with Gasteiger partial charge in [-0.2, -0.15) is 0 Å². The second-order valence-electron chi connectivity index (χ2n) is 2.16. The number of hydrogen-bond donors (Lipinski definition) is 3. The molecule has 0 heterocycles. The van der Waals surface area contributed by atoms with Crippen LogP contribution in [0.15, 0.2) is 18.2 Å². The molecular weight excluding hydrogens is 287 g/mol. The lowest BCUT2D eigenvalue weighted by molar-refractivity contribution is 0.471. The van der Waals surface area contributed by atoms with Gasteiger partial charge in [-0.3, -0.25) is 0 Å². The van der Waals surface area contributed by atoms with Crippen molar-refractivity contribution in [2.45, 2.75) is 0 Å². The summed E-state index contributed by atoms with van der Waals surface area (Å²) >= 11 is 6.68. The van der Waals surface area contributed by atoms with Gasteiger partial charge in [0.05, 0.1) is 3.57 Å². The van der Waals surface area contributed by atoms with E-state index >= 15 is 0 Å². The Labute approximate surface area is 89.1 Å². The Balaban J connectivity index is 2.89. The minimum absolute atomic E-state index is 0.219. The number of nitrogens with two attached hydrogens (primary N) is 1. The van der Waals surface area contributed by atoms with Crippen molar-refractivity contribution in [3.63, 3.8) is 0 Å². The van der Waals surface area contributed by atoms with Crippen molar-refractivity contribution in [2.75, 3.05) is 5.32 Å². The Morgan fingerprint density at radius 2 is 2.25 bits per heavy atom. The molecule has 0 fully saturated rings. The van der Waals surface area contributed by atoms with Gasteiger partial charge in [0, 0.05) is 5.69 Å². The van der Waals surface area contributed by atoms with E-state index in [0.717, 1.165) is 9.26 Å². The molecule has 0 aliphatic carbocycles. The van der Waals surface area contributed by atoms with Gasteiger partial charge in [0.1, 0.15) is 5.75 Å². The molecule has 0 aliphatic heterocycles. The van der Waals surface area contributed by atoms with E-state index in [1.165, 1.54) is 0 Å². The SMILES string of the molecule is NC(=S)Nc1ccc(O)c(I)c1. The molecule has 0 saturated carbocycles. The van der Waals surface area contributed by atoms with Crippen LogP contribution in [0.2, 0.25) is 0 Å². The van der Waals surface area contributed by atoms with Crippen molar-refractivity contribution in [2.24, 2.45) is 5.73 Å². The summed E-state index contributed by atoms with van der Waals surface area (Å²) < 4.78 is 0.758. The summed E-state index contributed by atoms with van der Waals surface area (Å²) in [6.07, 6.45) is 0. The van der Waals surface area contributed by atoms with Crippen molar-refractivity contribution in [3.8, 4) is 5.75 Å². The van der Waals surface area contributed by atoms with E-state index in [0.29, 0.717) is 0 Å².